The van der Waals surface area contributed by atoms with Crippen LogP contribution in [0.25, 0.3) is 0 Å². The molecule has 2 unspecified atom stereocenters. The van der Waals surface area contributed by atoms with Gasteiger partial charge in [-0.25, -0.2) is 0 Å². The number of nitrogens with zero attached hydrogens (tertiary/aromatic N) is 1. The average molecular weight is 163 g/mol. The maximum absolute atomic E-state index is 8.41. The molecular weight excluding hydrogens is 146 g/mol. The van der Waals surface area contributed by atoms with E-state index in [0.717, 1.165) is 0 Å². The van der Waals surface area contributed by atoms with Gasteiger partial charge >= 0.3 is 0 Å². The quantitative estimate of drug-likeness (QED) is 0.407. The normalized spacial score (nSPS) is 16.9. The van der Waals surface area contributed by atoms with E-state index in [1.807, 2.05) is 13.8 Å². The van der Waals surface area contributed by atoms with Crippen LogP contribution < -0.4 is 11.1 Å². The predicted molar refractivity (Wildman–Crippen MR) is 41.4 cm³/mol. The molecule has 0 saturated carbocycles. The summed E-state index contributed by atoms with van der Waals surface area (Å²) in [5.41, 5.74) is 5.47. The Morgan fingerprint density at radius 1 is 1.45 bits per heavy atom. The summed E-state index contributed by atoms with van der Waals surface area (Å²) in [5.74, 6) is 0. The van der Waals surface area contributed by atoms with Gasteiger partial charge in [0.25, 0.3) is 0 Å². The molecule has 0 spiro atoms. The van der Waals surface area contributed by atoms with E-state index in [0.29, 0.717) is 6.54 Å². The van der Waals surface area contributed by atoms with Crippen molar-refractivity contribution in [2.45, 2.75) is 25.9 Å². The minimum absolute atomic E-state index is 0.0241. The molecule has 0 radical (unpaired) electrons. The number of hydrogen-bond donors (Lipinski definition) is 4. The van der Waals surface area contributed by atoms with E-state index < -0.39 is 0 Å². The van der Waals surface area contributed by atoms with Gasteiger partial charge in [-0.05, 0) is 13.8 Å². The molecule has 0 amide bonds. The summed E-state index contributed by atoms with van der Waals surface area (Å²) in [5, 5.41) is 20.0. The Balaban J connectivity index is 3.29. The van der Waals surface area contributed by atoms with Gasteiger partial charge in [-0.2, -0.15) is 0 Å². The van der Waals surface area contributed by atoms with Gasteiger partial charge in [0.1, 0.15) is 0 Å². The van der Waals surface area contributed by atoms with Crippen LogP contribution >= 0.6 is 0 Å². The highest BCUT2D eigenvalue weighted by Gasteiger charge is 2.04. The van der Waals surface area contributed by atoms with Crippen LogP contribution in [0, 0.1) is 0 Å². The van der Waals surface area contributed by atoms with Crippen LogP contribution in [0.1, 0.15) is 13.8 Å². The summed E-state index contributed by atoms with van der Waals surface area (Å²) in [6.07, 6.45) is 0. The molecule has 5 N–H and O–H groups in total. The van der Waals surface area contributed by atoms with Crippen molar-refractivity contribution in [3.63, 3.8) is 0 Å². The Hall–Kier alpha value is -0.200. The summed E-state index contributed by atoms with van der Waals surface area (Å²) in [6, 6.07) is 0.110. The van der Waals surface area contributed by atoms with Gasteiger partial charge < -0.3 is 11.1 Å². The fourth-order valence-corrected chi connectivity index (χ4v) is 0.697. The maximum Gasteiger partial charge on any atom is 0.0663 e. The van der Waals surface area contributed by atoms with Gasteiger partial charge in [-0.1, -0.05) is 5.23 Å². The number of rotatable bonds is 5. The van der Waals surface area contributed by atoms with Crippen LogP contribution in [0.4, 0.5) is 0 Å². The Bertz CT molecular complexity index is 97.8. The van der Waals surface area contributed by atoms with Gasteiger partial charge in [0.15, 0.2) is 0 Å². The van der Waals surface area contributed by atoms with Crippen LogP contribution in [0.5, 0.6) is 0 Å². The average Bonchev–Trinajstić information content (AvgIpc) is 1.82. The smallest absolute Gasteiger partial charge is 0.0663 e. The lowest BCUT2D eigenvalue weighted by atomic mass is 10.3. The molecule has 0 aliphatic carbocycles. The molecular formula is C6H17N3O2. The summed E-state index contributed by atoms with van der Waals surface area (Å²) >= 11 is 0. The second-order valence-corrected chi connectivity index (χ2v) is 2.84. The first kappa shape index (κ1) is 10.8. The van der Waals surface area contributed by atoms with E-state index in [-0.39, 0.29) is 23.9 Å². The Morgan fingerprint density at radius 2 is 2.00 bits per heavy atom. The minimum atomic E-state index is 0.0241. The molecule has 2 atom stereocenters. The van der Waals surface area contributed by atoms with E-state index in [4.69, 9.17) is 16.1 Å². The summed E-state index contributed by atoms with van der Waals surface area (Å²) in [6.45, 7) is 4.58. The Morgan fingerprint density at radius 3 is 2.36 bits per heavy atom. The van der Waals surface area contributed by atoms with Crippen LogP contribution in [0.3, 0.4) is 0 Å². The van der Waals surface area contributed by atoms with Gasteiger partial charge in [-0.15, -0.1) is 0 Å². The van der Waals surface area contributed by atoms with Crippen molar-refractivity contribution in [3.05, 3.63) is 0 Å². The molecule has 0 fully saturated rings. The molecule has 5 heteroatoms. The monoisotopic (exact) mass is 163 g/mol. The lowest BCUT2D eigenvalue weighted by molar-refractivity contribution is -0.308. The maximum atomic E-state index is 8.41. The molecule has 0 aliphatic rings. The molecule has 0 rings (SSSR count). The third-order valence-electron chi connectivity index (χ3n) is 1.23. The molecule has 68 valence electrons. The van der Waals surface area contributed by atoms with Gasteiger partial charge in [0.05, 0.1) is 6.54 Å². The van der Waals surface area contributed by atoms with Crippen molar-refractivity contribution in [2.75, 3.05) is 13.1 Å². The second kappa shape index (κ2) is 5.45. The summed E-state index contributed by atoms with van der Waals surface area (Å²) in [4.78, 5) is 0. The predicted octanol–water partition coefficient (Wildman–Crippen LogP) is -0.608. The SMILES string of the molecule is CC(N)CNC(C)CN(O)O. The molecule has 11 heavy (non-hydrogen) atoms. The molecule has 0 bridgehead atoms. The van der Waals surface area contributed by atoms with E-state index in [1.165, 1.54) is 0 Å². The molecule has 0 aromatic carbocycles. The van der Waals surface area contributed by atoms with E-state index >= 15 is 0 Å². The topological polar surface area (TPSA) is 81.8 Å². The first-order chi connectivity index (χ1) is 5.02. The first-order valence-electron chi connectivity index (χ1n) is 3.66. The zero-order chi connectivity index (χ0) is 8.85. The number of hydroxylamine groups is 2. The molecule has 5 nitrogen and oxygen atoms in total. The van der Waals surface area contributed by atoms with Crippen molar-refractivity contribution in [1.82, 2.24) is 10.5 Å². The van der Waals surface area contributed by atoms with Crippen LogP contribution in [0.2, 0.25) is 0 Å². The highest BCUT2D eigenvalue weighted by Crippen LogP contribution is 1.84. The lowest BCUT2D eigenvalue weighted by Crippen LogP contribution is -2.41. The number of nitrogens with two attached hydrogens (primary N) is 1. The van der Waals surface area contributed by atoms with E-state index in [1.54, 1.807) is 0 Å². The zero-order valence-corrected chi connectivity index (χ0v) is 6.99. The second-order valence-electron chi connectivity index (χ2n) is 2.84. The fourth-order valence-electron chi connectivity index (χ4n) is 0.697. The largest absolute Gasteiger partial charge is 0.327 e. The van der Waals surface area contributed by atoms with Gasteiger partial charge in [0.2, 0.25) is 0 Å². The fraction of sp³-hybridized carbons (Fsp3) is 1.00. The zero-order valence-electron chi connectivity index (χ0n) is 6.99. The number of nitrogens with one attached hydrogen (secondary N) is 1. The summed E-state index contributed by atoms with van der Waals surface area (Å²) in [7, 11) is 0. The molecule has 0 saturated heterocycles. The third-order valence-corrected chi connectivity index (χ3v) is 1.23. The Labute approximate surface area is 66.7 Å². The van der Waals surface area contributed by atoms with Gasteiger partial charge in [0, 0.05) is 18.6 Å². The molecule has 0 aromatic rings. The molecule has 0 aromatic heterocycles. The highest BCUT2D eigenvalue weighted by molar-refractivity contribution is 4.64. The van der Waals surface area contributed by atoms with Crippen LogP contribution in [0.15, 0.2) is 0 Å². The van der Waals surface area contributed by atoms with Crippen molar-refractivity contribution in [3.8, 4) is 0 Å². The first-order valence-corrected chi connectivity index (χ1v) is 3.66. The van der Waals surface area contributed by atoms with Crippen molar-refractivity contribution >= 4 is 0 Å². The third kappa shape index (κ3) is 7.70. The van der Waals surface area contributed by atoms with E-state index in [9.17, 15) is 0 Å². The van der Waals surface area contributed by atoms with Crippen molar-refractivity contribution < 1.29 is 10.4 Å². The van der Waals surface area contributed by atoms with Crippen LogP contribution in [-0.4, -0.2) is 40.8 Å². The van der Waals surface area contributed by atoms with Gasteiger partial charge in [-0.3, -0.25) is 10.4 Å². The molecule has 0 aliphatic heterocycles. The highest BCUT2D eigenvalue weighted by atomic mass is 16.8. The van der Waals surface area contributed by atoms with E-state index in [2.05, 4.69) is 5.32 Å². The molecule has 0 heterocycles. The standard InChI is InChI=1S/C6H17N3O2/c1-5(7)3-8-6(2)4-9(10)11/h5-6,8,10-11H,3-4,7H2,1-2H3. The Kier molecular flexibility index (Phi) is 5.35. The lowest BCUT2D eigenvalue weighted by Gasteiger charge is -2.16. The van der Waals surface area contributed by atoms with Crippen molar-refractivity contribution in [2.24, 2.45) is 5.73 Å². The van der Waals surface area contributed by atoms with Crippen molar-refractivity contribution in [1.29, 1.82) is 0 Å². The summed E-state index contributed by atoms with van der Waals surface area (Å²) < 4.78 is 0. The number of hydrogen-bond acceptors (Lipinski definition) is 5. The van der Waals surface area contributed by atoms with Crippen LogP contribution in [-0.2, 0) is 0 Å². The minimum Gasteiger partial charge on any atom is -0.327 e.